The summed E-state index contributed by atoms with van der Waals surface area (Å²) in [6.07, 6.45) is 0. The summed E-state index contributed by atoms with van der Waals surface area (Å²) >= 11 is 6.85. The highest BCUT2D eigenvalue weighted by molar-refractivity contribution is 9.11. The van der Waals surface area contributed by atoms with Crippen LogP contribution in [0.3, 0.4) is 0 Å². The molecular formula is C20H19Br2NO6. The van der Waals surface area contributed by atoms with Gasteiger partial charge >= 0.3 is 0 Å². The molecule has 29 heavy (non-hydrogen) atoms. The van der Waals surface area contributed by atoms with Crippen LogP contribution in [-0.4, -0.2) is 32.3 Å². The summed E-state index contributed by atoms with van der Waals surface area (Å²) in [5, 5.41) is 13.0. The van der Waals surface area contributed by atoms with Crippen molar-refractivity contribution in [2.75, 3.05) is 21.3 Å². The van der Waals surface area contributed by atoms with E-state index in [0.717, 1.165) is 5.56 Å². The molecule has 2 N–H and O–H groups in total. The van der Waals surface area contributed by atoms with Crippen LogP contribution in [0, 0.1) is 0 Å². The van der Waals surface area contributed by atoms with Crippen molar-refractivity contribution in [1.82, 2.24) is 5.32 Å². The predicted molar refractivity (Wildman–Crippen MR) is 115 cm³/mol. The molecule has 1 heterocycles. The third-order valence-electron chi connectivity index (χ3n) is 4.37. The number of hydrogen-bond acceptors (Lipinski definition) is 6. The van der Waals surface area contributed by atoms with Crippen molar-refractivity contribution < 1.29 is 28.5 Å². The number of ether oxygens (including phenoxy) is 3. The SMILES string of the molecule is COc1cc(CNC(=O)c2cc3c(Br)c(CO)c(Br)cc3o2)cc(OC)c1OC. The number of methoxy groups -OCH3 is 3. The Kier molecular flexibility index (Phi) is 6.71. The Morgan fingerprint density at radius 3 is 2.28 bits per heavy atom. The molecule has 0 saturated heterocycles. The van der Waals surface area contributed by atoms with E-state index < -0.39 is 0 Å². The number of hydrogen-bond donors (Lipinski definition) is 2. The first-order chi connectivity index (χ1) is 13.9. The van der Waals surface area contributed by atoms with Gasteiger partial charge < -0.3 is 29.1 Å². The predicted octanol–water partition coefficient (Wildman–Crippen LogP) is 4.41. The highest BCUT2D eigenvalue weighted by Gasteiger charge is 2.18. The van der Waals surface area contributed by atoms with E-state index in [-0.39, 0.29) is 24.8 Å². The second kappa shape index (κ2) is 9.06. The van der Waals surface area contributed by atoms with Gasteiger partial charge in [-0.1, -0.05) is 15.9 Å². The molecule has 1 aromatic heterocycles. The van der Waals surface area contributed by atoms with Gasteiger partial charge in [-0.15, -0.1) is 0 Å². The van der Waals surface area contributed by atoms with Gasteiger partial charge in [0.2, 0.25) is 5.75 Å². The topological polar surface area (TPSA) is 90.2 Å². The molecule has 0 aliphatic rings. The molecule has 3 aromatic rings. The fraction of sp³-hybridized carbons (Fsp3) is 0.250. The van der Waals surface area contributed by atoms with Gasteiger partial charge in [-0.3, -0.25) is 4.79 Å². The maximum Gasteiger partial charge on any atom is 0.287 e. The maximum atomic E-state index is 12.6. The molecule has 7 nitrogen and oxygen atoms in total. The van der Waals surface area contributed by atoms with Crippen molar-refractivity contribution in [2.24, 2.45) is 0 Å². The van der Waals surface area contributed by atoms with E-state index in [9.17, 15) is 9.90 Å². The van der Waals surface area contributed by atoms with Crippen molar-refractivity contribution in [1.29, 1.82) is 0 Å². The van der Waals surface area contributed by atoms with Crippen LogP contribution in [0.2, 0.25) is 0 Å². The van der Waals surface area contributed by atoms with Crippen molar-refractivity contribution in [2.45, 2.75) is 13.2 Å². The minimum atomic E-state index is -0.372. The molecule has 0 radical (unpaired) electrons. The van der Waals surface area contributed by atoms with Gasteiger partial charge in [-0.25, -0.2) is 0 Å². The minimum absolute atomic E-state index is 0.148. The first-order valence-corrected chi connectivity index (χ1v) is 10.1. The minimum Gasteiger partial charge on any atom is -0.493 e. The Balaban J connectivity index is 1.83. The van der Waals surface area contributed by atoms with Crippen molar-refractivity contribution >= 4 is 48.7 Å². The quantitative estimate of drug-likeness (QED) is 0.472. The Labute approximate surface area is 184 Å². The monoisotopic (exact) mass is 527 g/mol. The van der Waals surface area contributed by atoms with Crippen molar-refractivity contribution in [3.8, 4) is 17.2 Å². The number of rotatable bonds is 7. The molecule has 0 spiro atoms. The summed E-state index contributed by atoms with van der Waals surface area (Å²) < 4.78 is 23.0. The van der Waals surface area contributed by atoms with Gasteiger partial charge in [0.25, 0.3) is 5.91 Å². The number of aliphatic hydroxyl groups is 1. The molecule has 0 fully saturated rings. The summed E-state index contributed by atoms with van der Waals surface area (Å²) in [6, 6.07) is 6.89. The lowest BCUT2D eigenvalue weighted by atomic mass is 10.1. The average molecular weight is 529 g/mol. The van der Waals surface area contributed by atoms with Crippen molar-refractivity contribution in [3.63, 3.8) is 0 Å². The van der Waals surface area contributed by atoms with Crippen LogP contribution in [-0.2, 0) is 13.2 Å². The van der Waals surface area contributed by atoms with Crippen LogP contribution in [0.5, 0.6) is 17.2 Å². The zero-order chi connectivity index (χ0) is 21.1. The number of carbonyl (C=O) groups excluding carboxylic acids is 1. The normalized spacial score (nSPS) is 10.8. The average Bonchev–Trinajstić information content (AvgIpc) is 3.15. The lowest BCUT2D eigenvalue weighted by Gasteiger charge is -2.14. The Hall–Kier alpha value is -2.23. The van der Waals surface area contributed by atoms with E-state index in [1.54, 1.807) is 24.3 Å². The largest absolute Gasteiger partial charge is 0.493 e. The first-order valence-electron chi connectivity index (χ1n) is 8.51. The van der Waals surface area contributed by atoms with E-state index in [2.05, 4.69) is 37.2 Å². The van der Waals surface area contributed by atoms with Crippen LogP contribution in [0.25, 0.3) is 11.0 Å². The molecule has 0 bridgehead atoms. The summed E-state index contributed by atoms with van der Waals surface area (Å²) in [7, 11) is 4.59. The second-order valence-corrected chi connectivity index (χ2v) is 7.70. The van der Waals surface area contributed by atoms with Gasteiger partial charge in [0, 0.05) is 26.4 Å². The number of furan rings is 1. The molecule has 9 heteroatoms. The Morgan fingerprint density at radius 1 is 1.07 bits per heavy atom. The molecule has 0 aliphatic carbocycles. The first kappa shape index (κ1) is 21.5. The molecule has 3 rings (SSSR count). The van der Waals surface area contributed by atoms with E-state index >= 15 is 0 Å². The second-order valence-electron chi connectivity index (χ2n) is 6.05. The number of benzene rings is 2. The lowest BCUT2D eigenvalue weighted by Crippen LogP contribution is -2.22. The maximum absolute atomic E-state index is 12.6. The van der Waals surface area contributed by atoms with E-state index in [1.807, 2.05) is 0 Å². The molecule has 0 unspecified atom stereocenters. The molecule has 2 aromatic carbocycles. The summed E-state index contributed by atoms with van der Waals surface area (Å²) in [6.45, 7) is 0.0876. The number of amides is 1. The Bertz CT molecular complexity index is 1040. The molecule has 0 saturated carbocycles. The van der Waals surface area contributed by atoms with Crippen LogP contribution in [0.15, 0.2) is 37.6 Å². The van der Waals surface area contributed by atoms with Crippen LogP contribution < -0.4 is 19.5 Å². The third-order valence-corrected chi connectivity index (χ3v) is 5.98. The number of aliphatic hydroxyl groups excluding tert-OH is 1. The molecular weight excluding hydrogens is 510 g/mol. The van der Waals surface area contributed by atoms with Crippen LogP contribution in [0.4, 0.5) is 0 Å². The van der Waals surface area contributed by atoms with Crippen LogP contribution >= 0.6 is 31.9 Å². The Morgan fingerprint density at radius 2 is 1.72 bits per heavy atom. The molecule has 154 valence electrons. The smallest absolute Gasteiger partial charge is 0.287 e. The number of halogens is 2. The number of carbonyl (C=O) groups is 1. The summed E-state index contributed by atoms with van der Waals surface area (Å²) in [4.78, 5) is 12.6. The van der Waals surface area contributed by atoms with E-state index in [1.165, 1.54) is 21.3 Å². The van der Waals surface area contributed by atoms with Gasteiger partial charge in [-0.05, 0) is 45.8 Å². The van der Waals surface area contributed by atoms with E-state index in [4.69, 9.17) is 18.6 Å². The standard InChI is InChI=1S/C20H19Br2NO6/c1-26-15-4-10(5-16(27-2)19(15)28-3)8-23-20(25)17-6-11-14(29-17)7-13(21)12(9-24)18(11)22/h4-7,24H,8-9H2,1-3H3,(H,23,25). The van der Waals surface area contributed by atoms with E-state index in [0.29, 0.717) is 42.7 Å². The summed E-state index contributed by atoms with van der Waals surface area (Å²) in [5.41, 5.74) is 1.98. The van der Waals surface area contributed by atoms with Gasteiger partial charge in [-0.2, -0.15) is 0 Å². The highest BCUT2D eigenvalue weighted by atomic mass is 79.9. The fourth-order valence-electron chi connectivity index (χ4n) is 2.92. The number of nitrogens with one attached hydrogen (secondary N) is 1. The fourth-order valence-corrected chi connectivity index (χ4v) is 4.36. The zero-order valence-corrected chi connectivity index (χ0v) is 19.1. The summed E-state index contributed by atoms with van der Waals surface area (Å²) in [5.74, 6) is 1.28. The molecule has 0 atom stereocenters. The third kappa shape index (κ3) is 4.22. The molecule has 0 aliphatic heterocycles. The molecule has 1 amide bonds. The zero-order valence-electron chi connectivity index (χ0n) is 16.0. The van der Waals surface area contributed by atoms with Gasteiger partial charge in [0.05, 0.1) is 27.9 Å². The van der Waals surface area contributed by atoms with Gasteiger partial charge in [0.1, 0.15) is 5.58 Å². The lowest BCUT2D eigenvalue weighted by molar-refractivity contribution is 0.0925. The highest BCUT2D eigenvalue weighted by Crippen LogP contribution is 2.38. The number of fused-ring (bicyclic) bond motifs is 1. The van der Waals surface area contributed by atoms with Crippen LogP contribution in [0.1, 0.15) is 21.7 Å². The van der Waals surface area contributed by atoms with Gasteiger partial charge in [0.15, 0.2) is 17.3 Å². The van der Waals surface area contributed by atoms with Crippen molar-refractivity contribution in [3.05, 3.63) is 50.1 Å².